The van der Waals surface area contributed by atoms with E-state index in [1.54, 1.807) is 12.1 Å². The van der Waals surface area contributed by atoms with E-state index in [1.807, 2.05) is 23.1 Å². The molecule has 0 aliphatic carbocycles. The summed E-state index contributed by atoms with van der Waals surface area (Å²) in [6.45, 7) is 1.61. The first-order valence-corrected chi connectivity index (χ1v) is 10.8. The van der Waals surface area contributed by atoms with Crippen molar-refractivity contribution < 1.29 is 23.5 Å². The second-order valence-electron chi connectivity index (χ2n) is 8.50. The molecule has 0 unspecified atom stereocenters. The Balaban J connectivity index is 1.45. The van der Waals surface area contributed by atoms with Crippen molar-refractivity contribution in [3.05, 3.63) is 59.4 Å². The lowest BCUT2D eigenvalue weighted by Gasteiger charge is -2.48. The van der Waals surface area contributed by atoms with Gasteiger partial charge in [0.2, 0.25) is 11.8 Å². The molecule has 1 N–H and O–H groups in total. The molecular formula is C24H25FN2O4. The summed E-state index contributed by atoms with van der Waals surface area (Å²) < 4.78 is 24.8. The normalized spacial score (nSPS) is 24.9. The van der Waals surface area contributed by atoms with Gasteiger partial charge in [-0.1, -0.05) is 18.2 Å². The molecule has 3 heterocycles. The summed E-state index contributed by atoms with van der Waals surface area (Å²) in [6, 6.07) is 11.5. The molecule has 2 saturated heterocycles. The van der Waals surface area contributed by atoms with Crippen molar-refractivity contribution in [1.82, 2.24) is 10.2 Å². The predicted molar refractivity (Wildman–Crippen MR) is 111 cm³/mol. The van der Waals surface area contributed by atoms with Crippen molar-refractivity contribution in [1.29, 1.82) is 0 Å². The van der Waals surface area contributed by atoms with E-state index in [4.69, 9.17) is 9.47 Å². The molecule has 2 fully saturated rings. The van der Waals surface area contributed by atoms with Gasteiger partial charge in [0, 0.05) is 13.0 Å². The second kappa shape index (κ2) is 7.87. The summed E-state index contributed by atoms with van der Waals surface area (Å²) in [6.07, 6.45) is 2.95. The lowest BCUT2D eigenvalue weighted by Crippen LogP contribution is -2.58. The van der Waals surface area contributed by atoms with E-state index in [1.165, 1.54) is 12.1 Å². The summed E-state index contributed by atoms with van der Waals surface area (Å²) in [5, 5.41) is 3.16. The van der Waals surface area contributed by atoms with Gasteiger partial charge in [-0.2, -0.15) is 0 Å². The number of rotatable bonds is 3. The lowest BCUT2D eigenvalue weighted by molar-refractivity contribution is -0.138. The Morgan fingerprint density at radius 2 is 1.87 bits per heavy atom. The minimum Gasteiger partial charge on any atom is -0.486 e. The summed E-state index contributed by atoms with van der Waals surface area (Å²) in [4.78, 5) is 27.5. The Bertz CT molecular complexity index is 1010. The summed E-state index contributed by atoms with van der Waals surface area (Å²) in [5.74, 6) is 1.01. The molecule has 3 aliphatic heterocycles. The lowest BCUT2D eigenvalue weighted by atomic mass is 9.76. The minimum absolute atomic E-state index is 0.00764. The van der Waals surface area contributed by atoms with Gasteiger partial charge in [-0.3, -0.25) is 9.59 Å². The number of fused-ring (bicyclic) bond motifs is 1. The van der Waals surface area contributed by atoms with Gasteiger partial charge < -0.3 is 19.7 Å². The Hall–Kier alpha value is -3.09. The number of hydrogen-bond donors (Lipinski definition) is 1. The van der Waals surface area contributed by atoms with Gasteiger partial charge in [-0.25, -0.2) is 4.39 Å². The van der Waals surface area contributed by atoms with Crippen LogP contribution in [0.4, 0.5) is 4.39 Å². The van der Waals surface area contributed by atoms with Crippen LogP contribution in [-0.2, 0) is 16.0 Å². The molecule has 0 radical (unpaired) electrons. The molecule has 0 aromatic heterocycles. The zero-order valence-corrected chi connectivity index (χ0v) is 17.2. The molecule has 0 bridgehead atoms. The number of benzene rings is 2. The van der Waals surface area contributed by atoms with Crippen molar-refractivity contribution in [2.45, 2.75) is 43.7 Å². The number of carbonyl (C=O) groups is 2. The van der Waals surface area contributed by atoms with Gasteiger partial charge in [0.15, 0.2) is 11.5 Å². The van der Waals surface area contributed by atoms with Crippen molar-refractivity contribution in [3.8, 4) is 11.5 Å². The molecule has 2 aromatic carbocycles. The highest BCUT2D eigenvalue weighted by Crippen LogP contribution is 2.45. The first-order chi connectivity index (χ1) is 15.0. The molecule has 2 atom stereocenters. The quantitative estimate of drug-likeness (QED) is 0.822. The van der Waals surface area contributed by atoms with Crippen LogP contribution < -0.4 is 14.8 Å². The fraction of sp³-hybridized carbons (Fsp3) is 0.417. The van der Waals surface area contributed by atoms with E-state index in [0.29, 0.717) is 44.1 Å². The molecule has 7 heteroatoms. The van der Waals surface area contributed by atoms with Crippen molar-refractivity contribution in [2.24, 2.45) is 0 Å². The van der Waals surface area contributed by atoms with Crippen molar-refractivity contribution >= 4 is 11.8 Å². The van der Waals surface area contributed by atoms with E-state index >= 15 is 0 Å². The van der Waals surface area contributed by atoms with Crippen LogP contribution in [0.15, 0.2) is 42.5 Å². The first-order valence-electron chi connectivity index (χ1n) is 10.8. The fourth-order valence-electron chi connectivity index (χ4n) is 5.15. The van der Waals surface area contributed by atoms with Crippen LogP contribution in [0.25, 0.3) is 0 Å². The van der Waals surface area contributed by atoms with Gasteiger partial charge in [0.05, 0.1) is 18.0 Å². The number of hydrogen-bond acceptors (Lipinski definition) is 4. The maximum absolute atomic E-state index is 13.6. The second-order valence-corrected chi connectivity index (χ2v) is 8.50. The van der Waals surface area contributed by atoms with Crippen LogP contribution in [0, 0.1) is 5.82 Å². The maximum Gasteiger partial charge on any atom is 0.227 e. The number of piperidine rings is 1. The zero-order chi connectivity index (χ0) is 21.4. The Morgan fingerprint density at radius 1 is 1.10 bits per heavy atom. The molecular weight excluding hydrogens is 399 g/mol. The Morgan fingerprint density at radius 3 is 2.61 bits per heavy atom. The Labute approximate surface area is 180 Å². The van der Waals surface area contributed by atoms with Crippen LogP contribution in [-0.4, -0.2) is 42.0 Å². The standard InChI is InChI=1S/C24H25FN2O4/c25-18-5-3-17(4-6-18)23-24(10-8-21(28)26-24)9-1-11-27(23)22(29)15-16-2-7-19-20(14-16)31-13-12-30-19/h2-7,14,23H,1,8-13,15H2,(H,26,28)/t23-,24+/m1/s1. The van der Waals surface area contributed by atoms with Gasteiger partial charge in [0.25, 0.3) is 0 Å². The SMILES string of the molecule is O=C1CC[C@]2(CCCN(C(=O)Cc3ccc4c(c3)OCCO4)[C@@H]2c2ccc(F)cc2)N1. The van der Waals surface area contributed by atoms with E-state index in [-0.39, 0.29) is 30.1 Å². The van der Waals surface area contributed by atoms with Crippen LogP contribution >= 0.6 is 0 Å². The molecule has 6 nitrogen and oxygen atoms in total. The van der Waals surface area contributed by atoms with E-state index in [9.17, 15) is 14.0 Å². The monoisotopic (exact) mass is 424 g/mol. The zero-order valence-electron chi connectivity index (χ0n) is 17.2. The third-order valence-corrected chi connectivity index (χ3v) is 6.51. The smallest absolute Gasteiger partial charge is 0.227 e. The number of likely N-dealkylation sites (tertiary alicyclic amines) is 1. The average Bonchev–Trinajstić information content (AvgIpc) is 3.14. The van der Waals surface area contributed by atoms with Crippen LogP contribution in [0.2, 0.25) is 0 Å². The number of carbonyl (C=O) groups excluding carboxylic acids is 2. The number of amides is 2. The molecule has 0 saturated carbocycles. The maximum atomic E-state index is 13.6. The highest BCUT2D eigenvalue weighted by molar-refractivity contribution is 5.82. The molecule has 2 amide bonds. The highest BCUT2D eigenvalue weighted by atomic mass is 19.1. The fourth-order valence-corrected chi connectivity index (χ4v) is 5.15. The van der Waals surface area contributed by atoms with E-state index in [2.05, 4.69) is 5.32 Å². The van der Waals surface area contributed by atoms with Gasteiger partial charge in [0.1, 0.15) is 19.0 Å². The summed E-state index contributed by atoms with van der Waals surface area (Å²) in [5.41, 5.74) is 1.19. The minimum atomic E-state index is -0.504. The molecule has 162 valence electrons. The number of halogens is 1. The van der Waals surface area contributed by atoms with Gasteiger partial charge in [-0.15, -0.1) is 0 Å². The van der Waals surface area contributed by atoms with Crippen LogP contribution in [0.3, 0.4) is 0 Å². The van der Waals surface area contributed by atoms with Crippen molar-refractivity contribution in [2.75, 3.05) is 19.8 Å². The summed E-state index contributed by atoms with van der Waals surface area (Å²) >= 11 is 0. The highest BCUT2D eigenvalue weighted by Gasteiger charge is 2.50. The predicted octanol–water partition coefficient (Wildman–Crippen LogP) is 3.15. The molecule has 31 heavy (non-hydrogen) atoms. The average molecular weight is 424 g/mol. The largest absolute Gasteiger partial charge is 0.486 e. The van der Waals surface area contributed by atoms with E-state index < -0.39 is 5.54 Å². The van der Waals surface area contributed by atoms with Gasteiger partial charge >= 0.3 is 0 Å². The topological polar surface area (TPSA) is 67.9 Å². The van der Waals surface area contributed by atoms with E-state index in [0.717, 1.165) is 24.0 Å². The Kier molecular flexibility index (Phi) is 5.04. The first kappa shape index (κ1) is 19.8. The molecule has 2 aromatic rings. The molecule has 1 spiro atoms. The summed E-state index contributed by atoms with van der Waals surface area (Å²) in [7, 11) is 0. The van der Waals surface area contributed by atoms with Crippen molar-refractivity contribution in [3.63, 3.8) is 0 Å². The van der Waals surface area contributed by atoms with Crippen LogP contribution in [0.1, 0.15) is 42.9 Å². The number of ether oxygens (including phenoxy) is 2. The number of nitrogens with zero attached hydrogens (tertiary/aromatic N) is 1. The third-order valence-electron chi connectivity index (χ3n) is 6.51. The van der Waals surface area contributed by atoms with Gasteiger partial charge in [-0.05, 0) is 54.7 Å². The molecule has 5 rings (SSSR count). The van der Waals surface area contributed by atoms with Crippen LogP contribution in [0.5, 0.6) is 11.5 Å². The molecule has 3 aliphatic rings. The third kappa shape index (κ3) is 3.73. The number of nitrogens with one attached hydrogen (secondary N) is 1.